The Morgan fingerprint density at radius 3 is 2.70 bits per heavy atom. The molecule has 0 aliphatic heterocycles. The number of nitrogens with two attached hydrogens (primary N) is 1. The van der Waals surface area contributed by atoms with Gasteiger partial charge < -0.3 is 15.9 Å². The number of thioether (sulfide) groups is 1. The molecular formula is C17H24N6O3S. The number of carbonyl (C=O) groups excluding carboxylic acids is 2. The standard InChI is InChI=1S/C17H24N6O3S/c1-10(2)19-16(25)20-15(24)9-27-17-22-21-14(23(17)18)8-26-13-6-5-11(3)7-12(13)4/h5-7,10H,8-9,18H2,1-4H3,(H2,19,20,24,25). The summed E-state index contributed by atoms with van der Waals surface area (Å²) in [5, 5.41) is 13.1. The Balaban J connectivity index is 1.87. The molecule has 27 heavy (non-hydrogen) atoms. The molecule has 0 radical (unpaired) electrons. The van der Waals surface area contributed by atoms with E-state index in [1.807, 2.05) is 32.0 Å². The Labute approximate surface area is 162 Å². The molecule has 0 aliphatic rings. The summed E-state index contributed by atoms with van der Waals surface area (Å²) in [6.45, 7) is 7.73. The van der Waals surface area contributed by atoms with Crippen LogP contribution in [-0.4, -0.2) is 38.6 Å². The lowest BCUT2D eigenvalue weighted by Gasteiger charge is -2.10. The number of nitrogen functional groups attached to an aromatic ring is 1. The van der Waals surface area contributed by atoms with Crippen LogP contribution in [0.4, 0.5) is 4.79 Å². The third-order valence-electron chi connectivity index (χ3n) is 3.43. The van der Waals surface area contributed by atoms with Gasteiger partial charge in [0.05, 0.1) is 5.75 Å². The number of nitrogens with zero attached hydrogens (tertiary/aromatic N) is 3. The SMILES string of the molecule is Cc1ccc(OCc2nnc(SCC(=O)NC(=O)NC(C)C)n2N)c(C)c1. The van der Waals surface area contributed by atoms with Gasteiger partial charge in [0.1, 0.15) is 12.4 Å². The minimum Gasteiger partial charge on any atom is -0.485 e. The second-order valence-electron chi connectivity index (χ2n) is 6.29. The van der Waals surface area contributed by atoms with Crippen molar-refractivity contribution in [2.24, 2.45) is 0 Å². The molecule has 10 heteroatoms. The zero-order valence-electron chi connectivity index (χ0n) is 15.8. The van der Waals surface area contributed by atoms with Crippen LogP contribution in [-0.2, 0) is 11.4 Å². The number of imide groups is 1. The molecule has 0 bridgehead atoms. The van der Waals surface area contributed by atoms with E-state index in [1.165, 1.54) is 4.68 Å². The van der Waals surface area contributed by atoms with Crippen molar-refractivity contribution in [3.63, 3.8) is 0 Å². The van der Waals surface area contributed by atoms with Gasteiger partial charge in [0, 0.05) is 6.04 Å². The van der Waals surface area contributed by atoms with Crippen LogP contribution in [0.1, 0.15) is 30.8 Å². The number of urea groups is 1. The first-order chi connectivity index (χ1) is 12.8. The molecule has 0 fully saturated rings. The molecule has 0 atom stereocenters. The molecule has 1 heterocycles. The fraction of sp³-hybridized carbons (Fsp3) is 0.412. The van der Waals surface area contributed by atoms with E-state index in [4.69, 9.17) is 10.6 Å². The first kappa shape index (κ1) is 20.6. The molecule has 4 N–H and O–H groups in total. The van der Waals surface area contributed by atoms with Gasteiger partial charge in [-0.2, -0.15) is 0 Å². The zero-order valence-corrected chi connectivity index (χ0v) is 16.6. The monoisotopic (exact) mass is 392 g/mol. The normalized spacial score (nSPS) is 10.7. The lowest BCUT2D eigenvalue weighted by Crippen LogP contribution is -2.43. The minimum atomic E-state index is -0.535. The minimum absolute atomic E-state index is 0.0151. The molecule has 2 rings (SSSR count). The molecule has 0 aliphatic carbocycles. The van der Waals surface area contributed by atoms with Crippen LogP contribution in [0.5, 0.6) is 5.75 Å². The number of carbonyl (C=O) groups is 2. The van der Waals surface area contributed by atoms with Crippen LogP contribution in [0.25, 0.3) is 0 Å². The number of hydrogen-bond acceptors (Lipinski definition) is 7. The summed E-state index contributed by atoms with van der Waals surface area (Å²) in [5.41, 5.74) is 2.17. The number of benzene rings is 1. The highest BCUT2D eigenvalue weighted by molar-refractivity contribution is 7.99. The van der Waals surface area contributed by atoms with Crippen molar-refractivity contribution in [2.45, 2.75) is 45.5 Å². The van der Waals surface area contributed by atoms with E-state index in [-0.39, 0.29) is 18.4 Å². The van der Waals surface area contributed by atoms with Gasteiger partial charge in [-0.25, -0.2) is 9.47 Å². The van der Waals surface area contributed by atoms with Crippen molar-refractivity contribution >= 4 is 23.7 Å². The van der Waals surface area contributed by atoms with Crippen molar-refractivity contribution in [1.82, 2.24) is 25.5 Å². The number of amides is 3. The highest BCUT2D eigenvalue weighted by Gasteiger charge is 2.15. The largest absolute Gasteiger partial charge is 0.485 e. The second-order valence-corrected chi connectivity index (χ2v) is 7.23. The summed E-state index contributed by atoms with van der Waals surface area (Å²) in [6, 6.07) is 5.29. The average Bonchev–Trinajstić information content (AvgIpc) is 2.91. The second kappa shape index (κ2) is 9.26. The average molecular weight is 392 g/mol. The summed E-state index contributed by atoms with van der Waals surface area (Å²) >= 11 is 1.08. The van der Waals surface area contributed by atoms with E-state index >= 15 is 0 Å². The lowest BCUT2D eigenvalue weighted by atomic mass is 10.1. The van der Waals surface area contributed by atoms with Crippen molar-refractivity contribution in [3.8, 4) is 5.75 Å². The maximum absolute atomic E-state index is 11.8. The van der Waals surface area contributed by atoms with E-state index in [1.54, 1.807) is 13.8 Å². The van der Waals surface area contributed by atoms with Crippen LogP contribution in [0.3, 0.4) is 0 Å². The van der Waals surface area contributed by atoms with Crippen LogP contribution in [0, 0.1) is 13.8 Å². The van der Waals surface area contributed by atoms with Gasteiger partial charge >= 0.3 is 6.03 Å². The third-order valence-corrected chi connectivity index (χ3v) is 4.37. The molecule has 2 aromatic rings. The summed E-state index contributed by atoms with van der Waals surface area (Å²) < 4.78 is 7.02. The summed E-state index contributed by atoms with van der Waals surface area (Å²) in [6.07, 6.45) is 0. The zero-order chi connectivity index (χ0) is 20.0. The predicted molar refractivity (Wildman–Crippen MR) is 103 cm³/mol. The number of aryl methyl sites for hydroxylation is 2. The summed E-state index contributed by atoms with van der Waals surface area (Å²) in [7, 11) is 0. The quantitative estimate of drug-likeness (QED) is 0.482. The number of nitrogens with one attached hydrogen (secondary N) is 2. The van der Waals surface area contributed by atoms with Gasteiger partial charge in [-0.3, -0.25) is 10.1 Å². The number of aromatic nitrogens is 3. The molecule has 1 aromatic carbocycles. The smallest absolute Gasteiger partial charge is 0.321 e. The van der Waals surface area contributed by atoms with E-state index < -0.39 is 11.9 Å². The Morgan fingerprint density at radius 1 is 1.30 bits per heavy atom. The predicted octanol–water partition coefficient (Wildman–Crippen LogP) is 1.51. The first-order valence-corrected chi connectivity index (χ1v) is 9.37. The van der Waals surface area contributed by atoms with Crippen LogP contribution < -0.4 is 21.2 Å². The van der Waals surface area contributed by atoms with Crippen LogP contribution in [0.2, 0.25) is 0 Å². The Morgan fingerprint density at radius 2 is 2.04 bits per heavy atom. The third kappa shape index (κ3) is 6.17. The molecule has 3 amide bonds. The number of hydrogen-bond donors (Lipinski definition) is 3. The van der Waals surface area contributed by atoms with Crippen molar-refractivity contribution in [2.75, 3.05) is 11.6 Å². The highest BCUT2D eigenvalue weighted by atomic mass is 32.2. The number of ether oxygens (including phenoxy) is 1. The summed E-state index contributed by atoms with van der Waals surface area (Å²) in [5.74, 6) is 6.67. The molecule has 0 spiro atoms. The maximum Gasteiger partial charge on any atom is 0.321 e. The van der Waals surface area contributed by atoms with Gasteiger partial charge in [0.25, 0.3) is 0 Å². The Kier molecular flexibility index (Phi) is 7.05. The molecule has 0 saturated carbocycles. The van der Waals surface area contributed by atoms with Crippen LogP contribution >= 0.6 is 11.8 Å². The summed E-state index contributed by atoms with van der Waals surface area (Å²) in [4.78, 5) is 23.3. The van der Waals surface area contributed by atoms with Gasteiger partial charge in [-0.1, -0.05) is 29.5 Å². The van der Waals surface area contributed by atoms with E-state index in [9.17, 15) is 9.59 Å². The molecular weight excluding hydrogens is 368 g/mol. The number of rotatable bonds is 7. The molecule has 146 valence electrons. The lowest BCUT2D eigenvalue weighted by molar-refractivity contribution is -0.117. The van der Waals surface area contributed by atoms with Gasteiger partial charge in [-0.05, 0) is 39.3 Å². The van der Waals surface area contributed by atoms with E-state index in [0.29, 0.717) is 11.0 Å². The molecule has 0 saturated heterocycles. The highest BCUT2D eigenvalue weighted by Crippen LogP contribution is 2.20. The Hall–Kier alpha value is -2.75. The maximum atomic E-state index is 11.8. The molecule has 1 aromatic heterocycles. The van der Waals surface area contributed by atoms with Crippen molar-refractivity contribution < 1.29 is 14.3 Å². The Bertz CT molecular complexity index is 821. The van der Waals surface area contributed by atoms with E-state index in [0.717, 1.165) is 28.6 Å². The fourth-order valence-electron chi connectivity index (χ4n) is 2.20. The molecule has 9 nitrogen and oxygen atoms in total. The van der Waals surface area contributed by atoms with Gasteiger partial charge in [0.15, 0.2) is 5.82 Å². The van der Waals surface area contributed by atoms with Gasteiger partial charge in [0.2, 0.25) is 11.1 Å². The van der Waals surface area contributed by atoms with Crippen molar-refractivity contribution in [1.29, 1.82) is 0 Å². The first-order valence-electron chi connectivity index (χ1n) is 8.38. The topological polar surface area (TPSA) is 124 Å². The van der Waals surface area contributed by atoms with Gasteiger partial charge in [-0.15, -0.1) is 10.2 Å². The van der Waals surface area contributed by atoms with Crippen molar-refractivity contribution in [3.05, 3.63) is 35.2 Å². The fourth-order valence-corrected chi connectivity index (χ4v) is 2.87. The van der Waals surface area contributed by atoms with Crippen LogP contribution in [0.15, 0.2) is 23.4 Å². The van der Waals surface area contributed by atoms with E-state index in [2.05, 4.69) is 20.8 Å². The molecule has 0 unspecified atom stereocenters.